The normalized spacial score (nSPS) is 15.4. The number of pyridine rings is 2. The molecule has 12 nitrogen and oxygen atoms in total. The second-order valence-corrected chi connectivity index (χ2v) is 16.4. The number of rotatable bonds is 8. The van der Waals surface area contributed by atoms with Crippen LogP contribution >= 0.6 is 0 Å². The van der Waals surface area contributed by atoms with Gasteiger partial charge >= 0.3 is 12.2 Å². The summed E-state index contributed by atoms with van der Waals surface area (Å²) >= 11 is 0. The summed E-state index contributed by atoms with van der Waals surface area (Å²) in [4.78, 5) is 63.3. The van der Waals surface area contributed by atoms with Crippen molar-refractivity contribution in [1.29, 1.82) is 0 Å². The number of benzene rings is 2. The first-order valence-electron chi connectivity index (χ1n) is 19.3. The molecule has 0 spiro atoms. The molecule has 4 amide bonds. The highest BCUT2D eigenvalue weighted by molar-refractivity contribution is 5.97. The lowest BCUT2D eigenvalue weighted by atomic mass is 9.93. The summed E-state index contributed by atoms with van der Waals surface area (Å²) in [7, 11) is 0. The van der Waals surface area contributed by atoms with Gasteiger partial charge in [-0.05, 0) is 113 Å². The van der Waals surface area contributed by atoms with Gasteiger partial charge in [0.15, 0.2) is 0 Å². The van der Waals surface area contributed by atoms with Crippen LogP contribution in [-0.4, -0.2) is 58.3 Å². The minimum atomic E-state index is -0.678. The number of nitrogens with zero attached hydrogens (tertiary/aromatic N) is 4. The molecule has 2 N–H and O–H groups in total. The molecule has 0 unspecified atom stereocenters. The van der Waals surface area contributed by atoms with Gasteiger partial charge in [0, 0.05) is 25.5 Å². The van der Waals surface area contributed by atoms with Crippen LogP contribution in [0.25, 0.3) is 0 Å². The highest BCUT2D eigenvalue weighted by atomic mass is 19.1. The van der Waals surface area contributed by atoms with Crippen LogP contribution in [0.1, 0.15) is 89.7 Å². The van der Waals surface area contributed by atoms with E-state index in [9.17, 15) is 28.0 Å². The molecule has 2 aliphatic rings. The number of anilines is 2. The van der Waals surface area contributed by atoms with Gasteiger partial charge < -0.3 is 20.1 Å². The quantitative estimate of drug-likeness (QED) is 0.183. The molecule has 4 heterocycles. The van der Waals surface area contributed by atoms with Crippen LogP contribution < -0.4 is 20.4 Å². The standard InChI is InChI=1S/2C22H26FN3O3/c2*1-14(20(27)26-13-11-16-6-5-12-24-19(16)26)18(15-7-9-17(23)10-8-15)25-21(28)29-22(2,3)4/h2*5-10,12,14,18H,11,13H2,1-4H3,(H,25,28)/t2*14-,18+/m11/s1. The largest absolute Gasteiger partial charge is 0.444 e. The van der Waals surface area contributed by atoms with E-state index in [4.69, 9.17) is 9.47 Å². The van der Waals surface area contributed by atoms with Crippen molar-refractivity contribution >= 4 is 35.6 Å². The Morgan fingerprint density at radius 1 is 0.603 bits per heavy atom. The Hall–Kier alpha value is -5.92. The van der Waals surface area contributed by atoms with E-state index in [0.29, 0.717) is 35.9 Å². The molecule has 2 aromatic heterocycles. The summed E-state index contributed by atoms with van der Waals surface area (Å²) in [5.41, 5.74) is 1.93. The minimum Gasteiger partial charge on any atom is -0.444 e. The van der Waals surface area contributed by atoms with Crippen LogP contribution in [0, 0.1) is 23.5 Å². The number of halogens is 2. The van der Waals surface area contributed by atoms with E-state index in [1.807, 2.05) is 24.3 Å². The maximum Gasteiger partial charge on any atom is 0.408 e. The van der Waals surface area contributed by atoms with Gasteiger partial charge in [-0.1, -0.05) is 50.2 Å². The van der Waals surface area contributed by atoms with E-state index in [2.05, 4.69) is 20.6 Å². The minimum absolute atomic E-state index is 0.159. The van der Waals surface area contributed by atoms with Gasteiger partial charge in [0.25, 0.3) is 0 Å². The second-order valence-electron chi connectivity index (χ2n) is 16.4. The van der Waals surface area contributed by atoms with Crippen molar-refractivity contribution < 1.29 is 37.4 Å². The van der Waals surface area contributed by atoms with Crippen molar-refractivity contribution in [3.63, 3.8) is 0 Å². The molecule has 0 aliphatic carbocycles. The summed E-state index contributed by atoms with van der Waals surface area (Å²) in [6.45, 7) is 15.2. The number of carbonyl (C=O) groups is 4. The first kappa shape index (κ1) is 43.2. The Kier molecular flexibility index (Phi) is 13.5. The molecule has 2 aromatic carbocycles. The fourth-order valence-corrected chi connectivity index (χ4v) is 6.82. The van der Waals surface area contributed by atoms with Gasteiger partial charge in [-0.25, -0.2) is 28.3 Å². The van der Waals surface area contributed by atoms with Gasteiger partial charge in [0.2, 0.25) is 11.8 Å². The third kappa shape index (κ3) is 11.1. The summed E-state index contributed by atoms with van der Waals surface area (Å²) < 4.78 is 37.5. The average Bonchev–Trinajstić information content (AvgIpc) is 3.80. The highest BCUT2D eigenvalue weighted by Crippen LogP contribution is 2.32. The number of hydrogen-bond donors (Lipinski definition) is 2. The fourth-order valence-electron chi connectivity index (χ4n) is 6.82. The van der Waals surface area contributed by atoms with Gasteiger partial charge in [-0.2, -0.15) is 0 Å². The predicted octanol–water partition coefficient (Wildman–Crippen LogP) is 8.02. The van der Waals surface area contributed by atoms with Crippen LogP contribution in [0.5, 0.6) is 0 Å². The molecule has 2 aliphatic heterocycles. The number of aromatic nitrogens is 2. The van der Waals surface area contributed by atoms with Crippen LogP contribution in [-0.2, 0) is 31.9 Å². The molecule has 4 aromatic rings. The Labute approximate surface area is 338 Å². The van der Waals surface area contributed by atoms with Crippen molar-refractivity contribution in [2.45, 2.75) is 91.5 Å². The molecule has 0 bridgehead atoms. The molecule has 58 heavy (non-hydrogen) atoms. The summed E-state index contributed by atoms with van der Waals surface area (Å²) in [5.74, 6) is -1.01. The third-order valence-electron chi connectivity index (χ3n) is 9.57. The zero-order chi connectivity index (χ0) is 42.4. The number of carbonyl (C=O) groups excluding carboxylic acids is 4. The zero-order valence-corrected chi connectivity index (χ0v) is 34.2. The first-order valence-corrected chi connectivity index (χ1v) is 19.3. The molecular formula is C44H52F2N6O6. The molecule has 308 valence electrons. The van der Waals surface area contributed by atoms with Gasteiger partial charge in [0.05, 0.1) is 23.9 Å². The maximum absolute atomic E-state index is 13.4. The van der Waals surface area contributed by atoms with Gasteiger partial charge in [-0.15, -0.1) is 0 Å². The van der Waals surface area contributed by atoms with Crippen molar-refractivity contribution in [3.05, 3.63) is 119 Å². The van der Waals surface area contributed by atoms with E-state index < -0.39 is 47.3 Å². The number of ether oxygens (including phenoxy) is 2. The van der Waals surface area contributed by atoms with Crippen molar-refractivity contribution in [3.8, 4) is 0 Å². The number of amides is 4. The second kappa shape index (κ2) is 18.1. The molecule has 0 saturated heterocycles. The van der Waals surface area contributed by atoms with E-state index >= 15 is 0 Å². The van der Waals surface area contributed by atoms with E-state index in [1.165, 1.54) is 24.3 Å². The summed E-state index contributed by atoms with van der Waals surface area (Å²) in [6, 6.07) is 17.8. The highest BCUT2D eigenvalue weighted by Gasteiger charge is 2.37. The average molecular weight is 799 g/mol. The lowest BCUT2D eigenvalue weighted by Gasteiger charge is -2.29. The van der Waals surface area contributed by atoms with Crippen molar-refractivity contribution in [2.24, 2.45) is 11.8 Å². The van der Waals surface area contributed by atoms with Crippen LogP contribution in [0.2, 0.25) is 0 Å². The number of alkyl carbamates (subject to hydrolysis) is 2. The number of hydrogen-bond acceptors (Lipinski definition) is 8. The van der Waals surface area contributed by atoms with Crippen LogP contribution in [0.3, 0.4) is 0 Å². The molecule has 14 heteroatoms. The molecule has 0 saturated carbocycles. The fraction of sp³-hybridized carbons (Fsp3) is 0.409. The number of nitrogens with one attached hydrogen (secondary N) is 2. The van der Waals surface area contributed by atoms with Crippen molar-refractivity contribution in [1.82, 2.24) is 20.6 Å². The zero-order valence-electron chi connectivity index (χ0n) is 34.2. The lowest BCUT2D eigenvalue weighted by molar-refractivity contribution is -0.123. The Morgan fingerprint density at radius 2 is 0.948 bits per heavy atom. The van der Waals surface area contributed by atoms with E-state index in [-0.39, 0.29) is 23.4 Å². The van der Waals surface area contributed by atoms with Gasteiger partial charge in [0.1, 0.15) is 34.5 Å². The van der Waals surface area contributed by atoms with Crippen LogP contribution in [0.4, 0.5) is 30.0 Å². The molecule has 0 fully saturated rings. The molecule has 4 atom stereocenters. The monoisotopic (exact) mass is 798 g/mol. The topological polar surface area (TPSA) is 143 Å². The van der Waals surface area contributed by atoms with Gasteiger partial charge in [-0.3, -0.25) is 19.4 Å². The number of fused-ring (bicyclic) bond motifs is 2. The van der Waals surface area contributed by atoms with Crippen LogP contribution in [0.15, 0.2) is 85.2 Å². The van der Waals surface area contributed by atoms with E-state index in [0.717, 1.165) is 24.0 Å². The Morgan fingerprint density at radius 3 is 1.28 bits per heavy atom. The summed E-state index contributed by atoms with van der Waals surface area (Å²) in [5, 5.41) is 5.57. The smallest absolute Gasteiger partial charge is 0.408 e. The Balaban J connectivity index is 0.000000221. The SMILES string of the molecule is C[C@@H](C(=O)N1CCc2cccnc21)[C@H](NC(=O)OC(C)(C)C)c1ccc(F)cc1.C[C@@H](C(=O)N1CCc2cccnc21)[C@H](NC(=O)OC(C)(C)C)c1ccc(F)cc1. The molecule has 0 radical (unpaired) electrons. The predicted molar refractivity (Wildman–Crippen MR) is 216 cm³/mol. The van der Waals surface area contributed by atoms with E-state index in [1.54, 1.807) is 102 Å². The van der Waals surface area contributed by atoms with Crippen molar-refractivity contribution in [2.75, 3.05) is 22.9 Å². The molecular weight excluding hydrogens is 747 g/mol. The maximum atomic E-state index is 13.4. The first-order chi connectivity index (χ1) is 27.3. The molecule has 6 rings (SSSR count). The third-order valence-corrected chi connectivity index (χ3v) is 9.57. The Bertz CT molecular complexity index is 1930. The lowest BCUT2D eigenvalue weighted by Crippen LogP contribution is -2.43. The summed E-state index contributed by atoms with van der Waals surface area (Å²) in [6.07, 6.45) is 3.53.